The van der Waals surface area contributed by atoms with Crippen LogP contribution in [0.5, 0.6) is 0 Å². The summed E-state index contributed by atoms with van der Waals surface area (Å²) in [5.74, 6) is 0.0522. The maximum Gasteiger partial charge on any atom is 0.310 e. The Kier molecular flexibility index (Phi) is 4.46. The molecule has 8 nitrogen and oxygen atoms in total. The zero-order chi connectivity index (χ0) is 14.5. The smallest absolute Gasteiger partial charge is 0.310 e. The average molecular weight is 279 g/mol. The molecule has 1 N–H and O–H groups in total. The van der Waals surface area contributed by atoms with Crippen LogP contribution < -0.4 is 10.2 Å². The summed E-state index contributed by atoms with van der Waals surface area (Å²) in [5.41, 5.74) is 0.563. The molecule has 20 heavy (non-hydrogen) atoms. The largest absolute Gasteiger partial charge is 0.362 e. The second-order valence-corrected chi connectivity index (χ2v) is 4.52. The SMILES string of the molecule is CNCC(=O)N1CCN(c2ccncc2[N+](=O)[O-])CC1. The topological polar surface area (TPSA) is 91.6 Å². The third-order valence-corrected chi connectivity index (χ3v) is 3.28. The highest BCUT2D eigenvalue weighted by molar-refractivity contribution is 5.78. The van der Waals surface area contributed by atoms with Gasteiger partial charge in [-0.1, -0.05) is 0 Å². The Morgan fingerprint density at radius 2 is 2.15 bits per heavy atom. The normalized spacial score (nSPS) is 15.2. The summed E-state index contributed by atoms with van der Waals surface area (Å²) in [6, 6.07) is 1.64. The van der Waals surface area contributed by atoms with E-state index in [-0.39, 0.29) is 11.6 Å². The minimum absolute atomic E-state index is 0.00232. The van der Waals surface area contributed by atoms with Crippen LogP contribution in [-0.4, -0.2) is 60.5 Å². The first-order chi connectivity index (χ1) is 9.63. The number of pyridine rings is 1. The van der Waals surface area contributed by atoms with Gasteiger partial charge < -0.3 is 15.1 Å². The number of rotatable bonds is 4. The summed E-state index contributed by atoms with van der Waals surface area (Å²) >= 11 is 0. The first kappa shape index (κ1) is 14.2. The molecular formula is C12H17N5O3. The molecule has 1 saturated heterocycles. The molecule has 2 rings (SSSR count). The van der Waals surface area contributed by atoms with Gasteiger partial charge in [-0.15, -0.1) is 0 Å². The number of nitro groups is 1. The van der Waals surface area contributed by atoms with Crippen molar-refractivity contribution in [3.05, 3.63) is 28.6 Å². The molecule has 0 aromatic carbocycles. The summed E-state index contributed by atoms with van der Waals surface area (Å²) in [6.07, 6.45) is 2.80. The summed E-state index contributed by atoms with van der Waals surface area (Å²) < 4.78 is 0. The van der Waals surface area contributed by atoms with E-state index in [0.717, 1.165) is 0 Å². The number of carbonyl (C=O) groups excluding carboxylic acids is 1. The molecule has 0 radical (unpaired) electrons. The van der Waals surface area contributed by atoms with E-state index < -0.39 is 4.92 Å². The standard InChI is InChI=1S/C12H17N5O3/c1-13-9-12(18)16-6-4-15(5-7-16)10-2-3-14-8-11(10)17(19)20/h2-3,8,13H,4-7,9H2,1H3. The predicted molar refractivity (Wildman–Crippen MR) is 73.6 cm³/mol. The van der Waals surface area contributed by atoms with E-state index in [2.05, 4.69) is 10.3 Å². The lowest BCUT2D eigenvalue weighted by Crippen LogP contribution is -2.50. The number of nitrogens with zero attached hydrogens (tertiary/aromatic N) is 4. The number of likely N-dealkylation sites (N-methyl/N-ethyl adjacent to an activating group) is 1. The Labute approximate surface area is 116 Å². The van der Waals surface area contributed by atoms with Gasteiger partial charge in [-0.3, -0.25) is 19.9 Å². The highest BCUT2D eigenvalue weighted by Crippen LogP contribution is 2.27. The first-order valence-corrected chi connectivity index (χ1v) is 6.39. The Morgan fingerprint density at radius 1 is 1.45 bits per heavy atom. The number of anilines is 1. The van der Waals surface area contributed by atoms with Crippen molar-refractivity contribution in [2.45, 2.75) is 0 Å². The predicted octanol–water partition coefficient (Wildman–Crippen LogP) is -0.142. The molecule has 1 amide bonds. The lowest BCUT2D eigenvalue weighted by atomic mass is 10.2. The Bertz CT molecular complexity index is 500. The zero-order valence-corrected chi connectivity index (χ0v) is 11.3. The van der Waals surface area contributed by atoms with E-state index in [1.807, 2.05) is 4.90 Å². The fraction of sp³-hybridized carbons (Fsp3) is 0.500. The molecule has 1 aromatic rings. The van der Waals surface area contributed by atoms with Crippen LogP contribution in [0.1, 0.15) is 0 Å². The van der Waals surface area contributed by atoms with Crippen molar-refractivity contribution >= 4 is 17.3 Å². The summed E-state index contributed by atoms with van der Waals surface area (Å²) in [7, 11) is 1.73. The molecule has 0 atom stereocenters. The van der Waals surface area contributed by atoms with Crippen LogP contribution in [0.2, 0.25) is 0 Å². The van der Waals surface area contributed by atoms with Gasteiger partial charge in [0, 0.05) is 32.4 Å². The molecular weight excluding hydrogens is 262 g/mol. The van der Waals surface area contributed by atoms with Crippen molar-refractivity contribution in [3.63, 3.8) is 0 Å². The van der Waals surface area contributed by atoms with Gasteiger partial charge in [-0.25, -0.2) is 0 Å². The average Bonchev–Trinajstić information content (AvgIpc) is 2.47. The van der Waals surface area contributed by atoms with E-state index >= 15 is 0 Å². The minimum Gasteiger partial charge on any atom is -0.362 e. The zero-order valence-electron chi connectivity index (χ0n) is 11.3. The maximum atomic E-state index is 11.7. The molecule has 0 unspecified atom stereocenters. The number of hydrogen-bond donors (Lipinski definition) is 1. The van der Waals surface area contributed by atoms with Crippen LogP contribution >= 0.6 is 0 Å². The highest BCUT2D eigenvalue weighted by atomic mass is 16.6. The molecule has 108 valence electrons. The molecule has 1 aliphatic rings. The van der Waals surface area contributed by atoms with Gasteiger partial charge >= 0.3 is 5.69 Å². The Balaban J connectivity index is 2.04. The number of aromatic nitrogens is 1. The Hall–Kier alpha value is -2.22. The van der Waals surface area contributed by atoms with Crippen molar-refractivity contribution in [2.24, 2.45) is 0 Å². The summed E-state index contributed by atoms with van der Waals surface area (Å²) in [5, 5.41) is 13.8. The van der Waals surface area contributed by atoms with Crippen molar-refractivity contribution < 1.29 is 9.72 Å². The third-order valence-electron chi connectivity index (χ3n) is 3.28. The monoisotopic (exact) mass is 279 g/mol. The van der Waals surface area contributed by atoms with Crippen LogP contribution in [-0.2, 0) is 4.79 Å². The first-order valence-electron chi connectivity index (χ1n) is 6.39. The number of amides is 1. The van der Waals surface area contributed by atoms with Crippen molar-refractivity contribution in [1.29, 1.82) is 0 Å². The second-order valence-electron chi connectivity index (χ2n) is 4.52. The molecule has 2 heterocycles. The number of piperazine rings is 1. The maximum absolute atomic E-state index is 11.7. The summed E-state index contributed by atoms with van der Waals surface area (Å²) in [4.78, 5) is 29.8. The molecule has 0 bridgehead atoms. The number of carbonyl (C=O) groups is 1. The minimum atomic E-state index is -0.430. The van der Waals surface area contributed by atoms with Gasteiger partial charge in [0.05, 0.1) is 11.5 Å². The van der Waals surface area contributed by atoms with Crippen LogP contribution in [0, 0.1) is 10.1 Å². The fourth-order valence-electron chi connectivity index (χ4n) is 2.25. The number of hydrogen-bond acceptors (Lipinski definition) is 6. The van der Waals surface area contributed by atoms with Crippen LogP contribution in [0.4, 0.5) is 11.4 Å². The Morgan fingerprint density at radius 3 is 2.75 bits per heavy atom. The van der Waals surface area contributed by atoms with Gasteiger partial charge in [0.2, 0.25) is 5.91 Å². The quantitative estimate of drug-likeness (QED) is 0.609. The van der Waals surface area contributed by atoms with E-state index in [1.54, 1.807) is 24.2 Å². The van der Waals surface area contributed by atoms with Gasteiger partial charge in [0.1, 0.15) is 11.9 Å². The fourth-order valence-corrected chi connectivity index (χ4v) is 2.25. The third kappa shape index (κ3) is 3.02. The van der Waals surface area contributed by atoms with Crippen LogP contribution in [0.15, 0.2) is 18.5 Å². The molecule has 1 aliphatic heterocycles. The van der Waals surface area contributed by atoms with E-state index in [0.29, 0.717) is 38.4 Å². The van der Waals surface area contributed by atoms with E-state index in [1.165, 1.54) is 6.20 Å². The molecule has 0 saturated carbocycles. The molecule has 8 heteroatoms. The molecule has 0 aliphatic carbocycles. The van der Waals surface area contributed by atoms with Gasteiger partial charge in [-0.05, 0) is 13.1 Å². The summed E-state index contributed by atoms with van der Waals surface area (Å²) in [6.45, 7) is 2.62. The van der Waals surface area contributed by atoms with E-state index in [4.69, 9.17) is 0 Å². The number of nitrogens with one attached hydrogen (secondary N) is 1. The van der Waals surface area contributed by atoms with Crippen LogP contribution in [0.3, 0.4) is 0 Å². The van der Waals surface area contributed by atoms with E-state index in [9.17, 15) is 14.9 Å². The highest BCUT2D eigenvalue weighted by Gasteiger charge is 2.25. The van der Waals surface area contributed by atoms with Gasteiger partial charge in [0.15, 0.2) is 0 Å². The van der Waals surface area contributed by atoms with Crippen molar-refractivity contribution in [2.75, 3.05) is 44.7 Å². The van der Waals surface area contributed by atoms with Crippen molar-refractivity contribution in [1.82, 2.24) is 15.2 Å². The lowest BCUT2D eigenvalue weighted by molar-refractivity contribution is -0.384. The van der Waals surface area contributed by atoms with Gasteiger partial charge in [-0.2, -0.15) is 0 Å². The lowest BCUT2D eigenvalue weighted by Gasteiger charge is -2.35. The van der Waals surface area contributed by atoms with Crippen LogP contribution in [0.25, 0.3) is 0 Å². The molecule has 1 aromatic heterocycles. The van der Waals surface area contributed by atoms with Gasteiger partial charge in [0.25, 0.3) is 0 Å². The molecule has 0 spiro atoms. The second kappa shape index (κ2) is 6.29. The molecule has 1 fully saturated rings. The van der Waals surface area contributed by atoms with Crippen molar-refractivity contribution in [3.8, 4) is 0 Å².